The van der Waals surface area contributed by atoms with Crippen LogP contribution in [-0.4, -0.2) is 13.2 Å². The minimum Gasteiger partial charge on any atom is -0.492 e. The Labute approximate surface area is 185 Å². The van der Waals surface area contributed by atoms with Gasteiger partial charge in [0.15, 0.2) is 0 Å². The predicted molar refractivity (Wildman–Crippen MR) is 115 cm³/mol. The maximum absolute atomic E-state index is 5.78. The number of halogens is 6. The van der Waals surface area contributed by atoms with Gasteiger partial charge in [-0.15, -0.1) is 0 Å². The minimum atomic E-state index is 0.571. The van der Waals surface area contributed by atoms with Crippen molar-refractivity contribution in [1.82, 2.24) is 0 Å². The summed E-state index contributed by atoms with van der Waals surface area (Å²) < 4.78 is 17.2. The fourth-order valence-electron chi connectivity index (χ4n) is 1.65. The Morgan fingerprint density at radius 3 is 1.26 bits per heavy atom. The average molecular weight is 702 g/mol. The maximum atomic E-state index is 5.78. The summed E-state index contributed by atoms with van der Waals surface area (Å²) in [5.74, 6) is 1.60. The van der Waals surface area contributed by atoms with Gasteiger partial charge < -0.3 is 9.47 Å². The zero-order valence-electron chi connectivity index (χ0n) is 11.5. The molecule has 124 valence electrons. The molecule has 0 saturated heterocycles. The molecule has 0 N–H and O–H groups in total. The third-order valence-electron chi connectivity index (χ3n) is 2.75. The summed E-state index contributed by atoms with van der Waals surface area (Å²) in [4.78, 5) is 0. The lowest BCUT2D eigenvalue weighted by Crippen LogP contribution is -2.05. The molecule has 2 aromatic carbocycles. The molecule has 2 rings (SSSR count). The minimum absolute atomic E-state index is 0.571. The molecule has 0 aliphatic heterocycles. The molecule has 0 aromatic heterocycles. The van der Waals surface area contributed by atoms with E-state index in [2.05, 4.69) is 95.6 Å². The molecule has 0 bridgehead atoms. The first-order chi connectivity index (χ1) is 10.9. The van der Waals surface area contributed by atoms with Crippen molar-refractivity contribution in [2.24, 2.45) is 0 Å². The van der Waals surface area contributed by atoms with Crippen molar-refractivity contribution in [3.8, 4) is 11.5 Å². The van der Waals surface area contributed by atoms with E-state index in [-0.39, 0.29) is 0 Å². The molecule has 8 heteroatoms. The van der Waals surface area contributed by atoms with Crippen LogP contribution in [-0.2, 0) is 0 Å². The van der Waals surface area contributed by atoms with Gasteiger partial charge in [-0.05, 0) is 120 Å². The Bertz CT molecular complexity index is 645. The monoisotopic (exact) mass is 696 g/mol. The van der Waals surface area contributed by atoms with E-state index in [1.54, 1.807) is 0 Å². The molecule has 2 aromatic rings. The SMILES string of the molecule is Brc1cc(Br)c(OCCCOc2cc(Br)c(Br)cc2Br)cc1Br. The summed E-state index contributed by atoms with van der Waals surface area (Å²) in [7, 11) is 0. The Hall–Kier alpha value is 0.920. The average Bonchev–Trinajstić information content (AvgIpc) is 2.49. The molecule has 0 unspecified atom stereocenters. The van der Waals surface area contributed by atoms with Gasteiger partial charge in [-0.2, -0.15) is 0 Å². The van der Waals surface area contributed by atoms with Crippen LogP contribution in [0.4, 0.5) is 0 Å². The molecule has 0 atom stereocenters. The van der Waals surface area contributed by atoms with Gasteiger partial charge in [0.2, 0.25) is 0 Å². The molecule has 0 saturated carbocycles. The second-order valence-electron chi connectivity index (χ2n) is 4.44. The van der Waals surface area contributed by atoms with Gasteiger partial charge in [-0.1, -0.05) is 0 Å². The van der Waals surface area contributed by atoms with Crippen LogP contribution < -0.4 is 9.47 Å². The molecule has 0 spiro atoms. The van der Waals surface area contributed by atoms with Gasteiger partial charge in [0.25, 0.3) is 0 Å². The van der Waals surface area contributed by atoms with Crippen LogP contribution in [0.15, 0.2) is 51.1 Å². The third kappa shape index (κ3) is 5.99. The van der Waals surface area contributed by atoms with Crippen molar-refractivity contribution < 1.29 is 9.47 Å². The number of hydrogen-bond donors (Lipinski definition) is 0. The van der Waals surface area contributed by atoms with E-state index < -0.39 is 0 Å². The first kappa shape index (κ1) is 20.2. The van der Waals surface area contributed by atoms with E-state index in [4.69, 9.17) is 9.47 Å². The molecule has 23 heavy (non-hydrogen) atoms. The van der Waals surface area contributed by atoms with Crippen molar-refractivity contribution in [2.45, 2.75) is 6.42 Å². The lowest BCUT2D eigenvalue weighted by Gasteiger charge is -2.12. The Morgan fingerprint density at radius 1 is 0.522 bits per heavy atom. The highest BCUT2D eigenvalue weighted by Gasteiger charge is 2.08. The highest BCUT2D eigenvalue weighted by atomic mass is 79.9. The normalized spacial score (nSPS) is 10.7. The second-order valence-corrected chi connectivity index (χ2v) is 9.57. The first-order valence-corrected chi connectivity index (χ1v) is 11.2. The topological polar surface area (TPSA) is 18.5 Å². The van der Waals surface area contributed by atoms with Gasteiger partial charge in [-0.3, -0.25) is 0 Å². The summed E-state index contributed by atoms with van der Waals surface area (Å²) in [5, 5.41) is 0. The highest BCUT2D eigenvalue weighted by Crippen LogP contribution is 2.35. The number of hydrogen-bond acceptors (Lipinski definition) is 2. The molecule has 0 radical (unpaired) electrons. The van der Waals surface area contributed by atoms with Crippen LogP contribution in [0.2, 0.25) is 0 Å². The van der Waals surface area contributed by atoms with Crippen LogP contribution in [0.5, 0.6) is 11.5 Å². The fraction of sp³-hybridized carbons (Fsp3) is 0.200. The first-order valence-electron chi connectivity index (χ1n) is 6.43. The molecule has 0 fully saturated rings. The molecule has 0 amide bonds. The van der Waals surface area contributed by atoms with Crippen molar-refractivity contribution in [2.75, 3.05) is 13.2 Å². The van der Waals surface area contributed by atoms with Crippen LogP contribution in [0.3, 0.4) is 0 Å². The van der Waals surface area contributed by atoms with Gasteiger partial charge >= 0.3 is 0 Å². The lowest BCUT2D eigenvalue weighted by molar-refractivity contribution is 0.245. The van der Waals surface area contributed by atoms with Crippen molar-refractivity contribution in [3.05, 3.63) is 51.1 Å². The molecule has 0 aliphatic rings. The highest BCUT2D eigenvalue weighted by molar-refractivity contribution is 9.13. The Kier molecular flexibility index (Phi) is 8.42. The molecular formula is C15H10Br6O2. The van der Waals surface area contributed by atoms with Gasteiger partial charge in [0, 0.05) is 24.3 Å². The number of ether oxygens (including phenoxy) is 2. The Balaban J connectivity index is 1.83. The van der Waals surface area contributed by atoms with E-state index in [0.29, 0.717) is 13.2 Å². The van der Waals surface area contributed by atoms with E-state index in [9.17, 15) is 0 Å². The maximum Gasteiger partial charge on any atom is 0.134 e. The summed E-state index contributed by atoms with van der Waals surface area (Å²) in [6.45, 7) is 1.14. The molecule has 0 aliphatic carbocycles. The summed E-state index contributed by atoms with van der Waals surface area (Å²) in [5.41, 5.74) is 0. The second kappa shape index (κ2) is 9.57. The summed E-state index contributed by atoms with van der Waals surface area (Å²) >= 11 is 20.8. The van der Waals surface area contributed by atoms with Crippen LogP contribution in [0, 0.1) is 0 Å². The summed E-state index contributed by atoms with van der Waals surface area (Å²) in [6, 6.07) is 7.76. The lowest BCUT2D eigenvalue weighted by atomic mass is 10.3. The van der Waals surface area contributed by atoms with Crippen LogP contribution in [0.1, 0.15) is 6.42 Å². The fourth-order valence-corrected chi connectivity index (χ4v) is 4.51. The Morgan fingerprint density at radius 2 is 0.870 bits per heavy atom. The van der Waals surface area contributed by atoms with E-state index in [0.717, 1.165) is 44.8 Å². The van der Waals surface area contributed by atoms with Gasteiger partial charge in [0.05, 0.1) is 22.2 Å². The van der Waals surface area contributed by atoms with Crippen LogP contribution in [0.25, 0.3) is 0 Å². The van der Waals surface area contributed by atoms with E-state index in [1.165, 1.54) is 0 Å². The zero-order chi connectivity index (χ0) is 17.0. The summed E-state index contributed by atoms with van der Waals surface area (Å²) in [6.07, 6.45) is 0.778. The molecule has 0 heterocycles. The van der Waals surface area contributed by atoms with Gasteiger partial charge in [-0.25, -0.2) is 0 Å². The predicted octanol–water partition coefficient (Wildman–Crippen LogP) is 8.11. The van der Waals surface area contributed by atoms with E-state index >= 15 is 0 Å². The quantitative estimate of drug-likeness (QED) is 0.224. The third-order valence-corrected chi connectivity index (χ3v) is 7.68. The molecule has 2 nitrogen and oxygen atoms in total. The zero-order valence-corrected chi connectivity index (χ0v) is 21.0. The molecular weight excluding hydrogens is 692 g/mol. The van der Waals surface area contributed by atoms with Crippen molar-refractivity contribution in [1.29, 1.82) is 0 Å². The van der Waals surface area contributed by atoms with E-state index in [1.807, 2.05) is 24.3 Å². The number of rotatable bonds is 6. The smallest absolute Gasteiger partial charge is 0.134 e. The van der Waals surface area contributed by atoms with Gasteiger partial charge in [0.1, 0.15) is 11.5 Å². The number of benzene rings is 2. The van der Waals surface area contributed by atoms with Crippen molar-refractivity contribution >= 4 is 95.6 Å². The largest absolute Gasteiger partial charge is 0.492 e. The van der Waals surface area contributed by atoms with Crippen LogP contribution >= 0.6 is 95.6 Å². The van der Waals surface area contributed by atoms with Crippen molar-refractivity contribution in [3.63, 3.8) is 0 Å². The standard InChI is InChI=1S/C15H10Br6O2/c16-8-4-12(20)14(6-10(8)18)22-2-1-3-23-15-7-11(19)9(17)5-13(15)21/h4-7H,1-3H2.